The number of carbonyl (C=O) groups is 1. The molecule has 0 aromatic heterocycles. The van der Waals surface area contributed by atoms with E-state index in [2.05, 4.69) is 0 Å². The second-order valence-corrected chi connectivity index (χ2v) is 3.35. The summed E-state index contributed by atoms with van der Waals surface area (Å²) in [6.07, 6.45) is 1.47. The molecule has 4 nitrogen and oxygen atoms in total. The Labute approximate surface area is 86.4 Å². The Hall–Kier alpha value is -0.610. The molecule has 0 aliphatic carbocycles. The summed E-state index contributed by atoms with van der Waals surface area (Å²) in [5.74, 6) is 0.168. The zero-order chi connectivity index (χ0) is 11.0. The summed E-state index contributed by atoms with van der Waals surface area (Å²) < 4.78 is 5.08. The summed E-state index contributed by atoms with van der Waals surface area (Å²) in [6.45, 7) is 5.84. The Balaban J connectivity index is 3.80. The summed E-state index contributed by atoms with van der Waals surface area (Å²) in [7, 11) is 1.66. The van der Waals surface area contributed by atoms with E-state index in [1.165, 1.54) is 0 Å². The monoisotopic (exact) mass is 202 g/mol. The largest absolute Gasteiger partial charge is 0.382 e. The lowest BCUT2D eigenvalue weighted by Crippen LogP contribution is -2.35. The third-order valence-electron chi connectivity index (χ3n) is 2.30. The van der Waals surface area contributed by atoms with Gasteiger partial charge in [-0.15, -0.1) is 0 Å². The lowest BCUT2D eigenvalue weighted by Gasteiger charge is -2.20. The molecular formula is C10H22N2O2. The molecule has 0 saturated carbocycles. The van der Waals surface area contributed by atoms with E-state index in [-0.39, 0.29) is 12.0 Å². The Kier molecular flexibility index (Phi) is 7.42. The van der Waals surface area contributed by atoms with Gasteiger partial charge in [-0.2, -0.15) is 0 Å². The van der Waals surface area contributed by atoms with Crippen LogP contribution in [0.25, 0.3) is 0 Å². The lowest BCUT2D eigenvalue weighted by molar-refractivity contribution is -0.131. The number of carbonyl (C=O) groups excluding carboxylic acids is 1. The number of methoxy groups -OCH3 is 1. The van der Waals surface area contributed by atoms with Crippen molar-refractivity contribution >= 4 is 5.91 Å². The molecule has 0 rings (SSSR count). The standard InChI is InChI=1S/C10H22N2O2/c1-4-12(8-7-11)10(13)6-5-9(2)14-3/h9H,4-8,11H2,1-3H3. The van der Waals surface area contributed by atoms with Gasteiger partial charge >= 0.3 is 0 Å². The molecule has 0 aromatic rings. The molecule has 0 saturated heterocycles. The van der Waals surface area contributed by atoms with Crippen LogP contribution in [0.15, 0.2) is 0 Å². The van der Waals surface area contributed by atoms with E-state index in [1.807, 2.05) is 13.8 Å². The number of nitrogens with two attached hydrogens (primary N) is 1. The number of hydrogen-bond acceptors (Lipinski definition) is 3. The van der Waals surface area contributed by atoms with Crippen molar-refractivity contribution in [3.05, 3.63) is 0 Å². The van der Waals surface area contributed by atoms with E-state index in [4.69, 9.17) is 10.5 Å². The molecule has 4 heteroatoms. The summed E-state index contributed by atoms with van der Waals surface area (Å²) in [5.41, 5.74) is 5.41. The van der Waals surface area contributed by atoms with Gasteiger partial charge in [-0.1, -0.05) is 0 Å². The minimum absolute atomic E-state index is 0.149. The van der Waals surface area contributed by atoms with E-state index in [1.54, 1.807) is 12.0 Å². The summed E-state index contributed by atoms with van der Waals surface area (Å²) in [5, 5.41) is 0. The summed E-state index contributed by atoms with van der Waals surface area (Å²) in [4.78, 5) is 13.4. The zero-order valence-electron chi connectivity index (χ0n) is 9.45. The second-order valence-electron chi connectivity index (χ2n) is 3.35. The first-order valence-electron chi connectivity index (χ1n) is 5.16. The Morgan fingerprint density at radius 3 is 2.64 bits per heavy atom. The molecule has 1 atom stereocenters. The van der Waals surface area contributed by atoms with Gasteiger partial charge in [0.2, 0.25) is 5.91 Å². The molecule has 0 heterocycles. The van der Waals surface area contributed by atoms with Gasteiger partial charge < -0.3 is 15.4 Å². The van der Waals surface area contributed by atoms with Crippen molar-refractivity contribution in [1.29, 1.82) is 0 Å². The number of rotatable bonds is 7. The average Bonchev–Trinajstić information content (AvgIpc) is 2.21. The molecule has 1 unspecified atom stereocenters. The number of hydrogen-bond donors (Lipinski definition) is 1. The van der Waals surface area contributed by atoms with Crippen molar-refractivity contribution in [2.45, 2.75) is 32.8 Å². The summed E-state index contributed by atoms with van der Waals surface area (Å²) >= 11 is 0. The molecule has 1 amide bonds. The van der Waals surface area contributed by atoms with E-state index < -0.39 is 0 Å². The van der Waals surface area contributed by atoms with E-state index in [0.29, 0.717) is 19.5 Å². The maximum atomic E-state index is 11.6. The van der Waals surface area contributed by atoms with Crippen LogP contribution in [-0.4, -0.2) is 43.7 Å². The molecule has 0 bridgehead atoms. The molecule has 14 heavy (non-hydrogen) atoms. The fourth-order valence-corrected chi connectivity index (χ4v) is 1.22. The number of amides is 1. The maximum absolute atomic E-state index is 11.6. The quantitative estimate of drug-likeness (QED) is 0.658. The molecule has 2 N–H and O–H groups in total. The van der Waals surface area contributed by atoms with Crippen LogP contribution >= 0.6 is 0 Å². The molecular weight excluding hydrogens is 180 g/mol. The van der Waals surface area contributed by atoms with Gasteiger partial charge in [0.1, 0.15) is 0 Å². The highest BCUT2D eigenvalue weighted by Crippen LogP contribution is 2.03. The molecule has 0 radical (unpaired) electrons. The minimum Gasteiger partial charge on any atom is -0.382 e. The normalized spacial score (nSPS) is 12.6. The minimum atomic E-state index is 0.149. The van der Waals surface area contributed by atoms with E-state index in [9.17, 15) is 4.79 Å². The Morgan fingerprint density at radius 1 is 1.57 bits per heavy atom. The fraction of sp³-hybridized carbons (Fsp3) is 0.900. The van der Waals surface area contributed by atoms with Gasteiger partial charge in [0.15, 0.2) is 0 Å². The number of ether oxygens (including phenoxy) is 1. The number of nitrogens with zero attached hydrogens (tertiary/aromatic N) is 1. The van der Waals surface area contributed by atoms with Gasteiger partial charge in [-0.3, -0.25) is 4.79 Å². The Morgan fingerprint density at radius 2 is 2.21 bits per heavy atom. The van der Waals surface area contributed by atoms with Crippen molar-refractivity contribution in [2.24, 2.45) is 5.73 Å². The topological polar surface area (TPSA) is 55.6 Å². The van der Waals surface area contributed by atoms with Gasteiger partial charge in [0.05, 0.1) is 6.10 Å². The molecule has 0 aromatic carbocycles. The third kappa shape index (κ3) is 5.19. The third-order valence-corrected chi connectivity index (χ3v) is 2.30. The van der Waals surface area contributed by atoms with Gasteiger partial charge in [-0.25, -0.2) is 0 Å². The first-order valence-corrected chi connectivity index (χ1v) is 5.16. The van der Waals surface area contributed by atoms with Crippen LogP contribution < -0.4 is 5.73 Å². The average molecular weight is 202 g/mol. The highest BCUT2D eigenvalue weighted by Gasteiger charge is 2.11. The van der Waals surface area contributed by atoms with Crippen molar-refractivity contribution in [2.75, 3.05) is 26.7 Å². The van der Waals surface area contributed by atoms with Gasteiger partial charge in [-0.05, 0) is 20.3 Å². The van der Waals surface area contributed by atoms with Crippen LogP contribution in [0.4, 0.5) is 0 Å². The smallest absolute Gasteiger partial charge is 0.222 e. The SMILES string of the molecule is CCN(CCN)C(=O)CCC(C)OC. The predicted octanol–water partition coefficient (Wildman–Crippen LogP) is 0.609. The summed E-state index contributed by atoms with van der Waals surface area (Å²) in [6, 6.07) is 0. The second kappa shape index (κ2) is 7.76. The zero-order valence-corrected chi connectivity index (χ0v) is 9.45. The van der Waals surface area contributed by atoms with Crippen molar-refractivity contribution in [3.8, 4) is 0 Å². The van der Waals surface area contributed by atoms with Gasteiger partial charge in [0, 0.05) is 33.2 Å². The lowest BCUT2D eigenvalue weighted by atomic mass is 10.2. The predicted molar refractivity (Wildman–Crippen MR) is 57.0 cm³/mol. The maximum Gasteiger partial charge on any atom is 0.222 e. The number of likely N-dealkylation sites (N-methyl/N-ethyl adjacent to an activating group) is 1. The first kappa shape index (κ1) is 13.4. The van der Waals surface area contributed by atoms with E-state index in [0.717, 1.165) is 13.0 Å². The first-order chi connectivity index (χ1) is 6.65. The highest BCUT2D eigenvalue weighted by molar-refractivity contribution is 5.76. The molecule has 0 aliphatic rings. The van der Waals surface area contributed by atoms with Crippen LogP contribution in [0.3, 0.4) is 0 Å². The molecule has 0 aliphatic heterocycles. The van der Waals surface area contributed by atoms with Crippen LogP contribution in [0.5, 0.6) is 0 Å². The molecule has 84 valence electrons. The molecule has 0 fully saturated rings. The van der Waals surface area contributed by atoms with Crippen LogP contribution in [0, 0.1) is 0 Å². The van der Waals surface area contributed by atoms with Crippen molar-refractivity contribution in [1.82, 2.24) is 4.90 Å². The highest BCUT2D eigenvalue weighted by atomic mass is 16.5. The van der Waals surface area contributed by atoms with Crippen LogP contribution in [0.2, 0.25) is 0 Å². The van der Waals surface area contributed by atoms with Crippen LogP contribution in [-0.2, 0) is 9.53 Å². The van der Waals surface area contributed by atoms with Gasteiger partial charge in [0.25, 0.3) is 0 Å². The van der Waals surface area contributed by atoms with Crippen molar-refractivity contribution in [3.63, 3.8) is 0 Å². The molecule has 0 spiro atoms. The fourth-order valence-electron chi connectivity index (χ4n) is 1.22. The van der Waals surface area contributed by atoms with Crippen LogP contribution in [0.1, 0.15) is 26.7 Å². The Bertz CT molecular complexity index is 162. The van der Waals surface area contributed by atoms with E-state index >= 15 is 0 Å². The van der Waals surface area contributed by atoms with Crippen molar-refractivity contribution < 1.29 is 9.53 Å².